The van der Waals surface area contributed by atoms with E-state index in [9.17, 15) is 22.0 Å². The molecule has 1 saturated heterocycles. The molecule has 10 heteroatoms. The van der Waals surface area contributed by atoms with Gasteiger partial charge in [0.25, 0.3) is 15.9 Å². The fourth-order valence-corrected chi connectivity index (χ4v) is 6.91. The summed E-state index contributed by atoms with van der Waals surface area (Å²) in [7, 11) is -3.02. The smallest absolute Gasteiger partial charge is 0.341 e. The second kappa shape index (κ2) is 10.9. The first kappa shape index (κ1) is 27.3. The number of hydrogen-bond donors (Lipinski definition) is 0. The maximum Gasteiger partial charge on any atom is 0.341 e. The van der Waals surface area contributed by atoms with Gasteiger partial charge in [-0.25, -0.2) is 22.0 Å². The van der Waals surface area contributed by atoms with Crippen molar-refractivity contribution in [2.24, 2.45) is 5.92 Å². The maximum atomic E-state index is 14.3. The summed E-state index contributed by atoms with van der Waals surface area (Å²) in [6.07, 6.45) is 3.03. The van der Waals surface area contributed by atoms with Gasteiger partial charge in [-0.05, 0) is 67.9 Å². The Morgan fingerprint density at radius 2 is 1.89 bits per heavy atom. The summed E-state index contributed by atoms with van der Waals surface area (Å²) in [6.45, 7) is 4.13. The molecule has 1 atom stereocenters. The van der Waals surface area contributed by atoms with Gasteiger partial charge >= 0.3 is 5.97 Å². The Labute approximate surface area is 216 Å². The maximum absolute atomic E-state index is 14.3. The van der Waals surface area contributed by atoms with Crippen LogP contribution in [0.1, 0.15) is 61.0 Å². The van der Waals surface area contributed by atoms with Crippen LogP contribution in [0.4, 0.5) is 14.5 Å². The van der Waals surface area contributed by atoms with Crippen molar-refractivity contribution in [2.45, 2.75) is 62.8 Å². The Bertz CT molecular complexity index is 1240. The molecule has 7 nitrogen and oxygen atoms in total. The number of ether oxygens (including phenoxy) is 3. The van der Waals surface area contributed by atoms with Crippen molar-refractivity contribution in [3.05, 3.63) is 53.1 Å². The third kappa shape index (κ3) is 5.60. The fraction of sp³-hybridized carbons (Fsp3) is 0.519. The highest BCUT2D eigenvalue weighted by atomic mass is 32.2. The lowest BCUT2D eigenvalue weighted by molar-refractivity contribution is 0.0174. The van der Waals surface area contributed by atoms with Crippen molar-refractivity contribution in [2.75, 3.05) is 31.2 Å². The lowest BCUT2D eigenvalue weighted by Crippen LogP contribution is -2.43. The summed E-state index contributed by atoms with van der Waals surface area (Å²) >= 11 is 0. The van der Waals surface area contributed by atoms with Crippen LogP contribution in [0.15, 0.2) is 41.3 Å². The van der Waals surface area contributed by atoms with Crippen LogP contribution in [0.2, 0.25) is 0 Å². The summed E-state index contributed by atoms with van der Waals surface area (Å²) in [5.41, 5.74) is 0.764. The zero-order valence-electron chi connectivity index (χ0n) is 21.3. The molecular formula is C27H33F2NO6S. The average molecular weight is 538 g/mol. The molecule has 0 amide bonds. The van der Waals surface area contributed by atoms with Gasteiger partial charge in [-0.15, -0.1) is 0 Å². The minimum atomic E-state index is -4.24. The molecule has 1 fully saturated rings. The van der Waals surface area contributed by atoms with Crippen LogP contribution in [0.25, 0.3) is 0 Å². The largest absolute Gasteiger partial charge is 0.491 e. The molecule has 0 N–H and O–H groups in total. The minimum absolute atomic E-state index is 0.0156. The van der Waals surface area contributed by atoms with E-state index in [4.69, 9.17) is 14.2 Å². The molecular weight excluding hydrogens is 504 g/mol. The van der Waals surface area contributed by atoms with Crippen molar-refractivity contribution in [3.8, 4) is 5.75 Å². The van der Waals surface area contributed by atoms with Crippen LogP contribution in [0.5, 0.6) is 5.75 Å². The number of carbonyl (C=O) groups is 1. The van der Waals surface area contributed by atoms with E-state index in [0.29, 0.717) is 43.7 Å². The van der Waals surface area contributed by atoms with Crippen molar-refractivity contribution in [1.29, 1.82) is 0 Å². The van der Waals surface area contributed by atoms with Gasteiger partial charge in [-0.2, -0.15) is 0 Å². The first-order valence-corrected chi connectivity index (χ1v) is 14.0. The first-order valence-electron chi connectivity index (χ1n) is 12.6. The number of carbonyl (C=O) groups excluding carboxylic acids is 1. The lowest BCUT2D eigenvalue weighted by Gasteiger charge is -2.38. The van der Waals surface area contributed by atoms with E-state index in [0.717, 1.165) is 19.8 Å². The molecule has 0 radical (unpaired) electrons. The zero-order valence-corrected chi connectivity index (χ0v) is 22.2. The van der Waals surface area contributed by atoms with Crippen LogP contribution >= 0.6 is 0 Å². The van der Waals surface area contributed by atoms with Crippen molar-refractivity contribution in [3.63, 3.8) is 0 Å². The standard InChI is InChI=1S/C27H33F2NO6S/c1-4-21-10-8-19-16-20(27(2,28)29)9-11-23(19)30(21)37(32,33)24-7-5-6-22(26(31)34-3)25(24)36-17-18-12-14-35-15-13-18/h5-7,9,11,16,18,21H,4,8,10,12-15,17H2,1-3H3. The first-order chi connectivity index (χ1) is 17.6. The highest BCUT2D eigenvalue weighted by Crippen LogP contribution is 2.42. The monoisotopic (exact) mass is 537 g/mol. The Morgan fingerprint density at radius 1 is 1.16 bits per heavy atom. The number of nitrogens with zero attached hydrogens (tertiary/aromatic N) is 1. The van der Waals surface area contributed by atoms with Gasteiger partial charge < -0.3 is 14.2 Å². The number of para-hydroxylation sites is 1. The Balaban J connectivity index is 1.80. The lowest BCUT2D eigenvalue weighted by atomic mass is 9.94. The molecule has 0 aromatic heterocycles. The Morgan fingerprint density at radius 3 is 2.54 bits per heavy atom. The number of halogens is 2. The zero-order chi connectivity index (χ0) is 26.8. The summed E-state index contributed by atoms with van der Waals surface area (Å²) in [4.78, 5) is 12.4. The van der Waals surface area contributed by atoms with E-state index < -0.39 is 21.9 Å². The molecule has 4 rings (SSSR count). The third-order valence-electron chi connectivity index (χ3n) is 7.10. The molecule has 0 spiro atoms. The van der Waals surface area contributed by atoms with Crippen LogP contribution in [0, 0.1) is 5.92 Å². The molecule has 2 heterocycles. The van der Waals surface area contributed by atoms with Crippen molar-refractivity contribution < 1.29 is 36.2 Å². The number of rotatable bonds is 8. The number of fused-ring (bicyclic) bond motifs is 1. The Hall–Kier alpha value is -2.72. The molecule has 2 aromatic carbocycles. The number of methoxy groups -OCH3 is 1. The fourth-order valence-electron chi connectivity index (χ4n) is 4.96. The van der Waals surface area contributed by atoms with Gasteiger partial charge in [0.1, 0.15) is 10.5 Å². The molecule has 0 aliphatic carbocycles. The highest BCUT2D eigenvalue weighted by Gasteiger charge is 2.39. The van der Waals surface area contributed by atoms with E-state index in [-0.39, 0.29) is 40.3 Å². The van der Waals surface area contributed by atoms with Crippen LogP contribution in [0.3, 0.4) is 0 Å². The summed E-state index contributed by atoms with van der Waals surface area (Å²) in [5.74, 6) is -3.65. The molecule has 202 valence electrons. The van der Waals surface area contributed by atoms with Crippen molar-refractivity contribution >= 4 is 21.7 Å². The normalized spacial score (nSPS) is 18.8. The third-order valence-corrected chi connectivity index (χ3v) is 8.99. The SMILES string of the molecule is CCC1CCc2cc(C(C)(F)F)ccc2N1S(=O)(=O)c1cccc(C(=O)OC)c1OCC1CCOCC1. The van der Waals surface area contributed by atoms with Gasteiger partial charge in [-0.1, -0.05) is 19.1 Å². The van der Waals surface area contributed by atoms with Gasteiger partial charge in [0.15, 0.2) is 5.75 Å². The van der Waals surface area contributed by atoms with Crippen molar-refractivity contribution in [1.82, 2.24) is 0 Å². The van der Waals surface area contributed by atoms with Gasteiger partial charge in [0.05, 0.1) is 19.4 Å². The number of benzene rings is 2. The van der Waals surface area contributed by atoms with E-state index in [2.05, 4.69) is 0 Å². The van der Waals surface area contributed by atoms with Gasteiger partial charge in [-0.3, -0.25) is 4.31 Å². The molecule has 1 unspecified atom stereocenters. The topological polar surface area (TPSA) is 82.1 Å². The number of hydrogen-bond acceptors (Lipinski definition) is 6. The van der Waals surface area contributed by atoms with Gasteiger partial charge in [0, 0.05) is 31.7 Å². The van der Waals surface area contributed by atoms with E-state index in [1.54, 1.807) is 0 Å². The summed E-state index contributed by atoms with van der Waals surface area (Å²) in [5, 5.41) is 0. The summed E-state index contributed by atoms with van der Waals surface area (Å²) < 4.78 is 74.2. The second-order valence-electron chi connectivity index (χ2n) is 9.62. The van der Waals surface area contributed by atoms with E-state index in [1.165, 1.54) is 47.8 Å². The average Bonchev–Trinajstić information content (AvgIpc) is 2.90. The molecule has 0 bridgehead atoms. The van der Waals surface area contributed by atoms with E-state index in [1.807, 2.05) is 6.92 Å². The quantitative estimate of drug-likeness (QED) is 0.425. The van der Waals surface area contributed by atoms with Crippen LogP contribution < -0.4 is 9.04 Å². The van der Waals surface area contributed by atoms with Gasteiger partial charge in [0.2, 0.25) is 0 Å². The van der Waals surface area contributed by atoms with Crippen LogP contribution in [-0.2, 0) is 31.8 Å². The Kier molecular flexibility index (Phi) is 8.08. The second-order valence-corrected chi connectivity index (χ2v) is 11.4. The number of esters is 1. The molecule has 0 saturated carbocycles. The predicted octanol–water partition coefficient (Wildman–Crippen LogP) is 5.31. The predicted molar refractivity (Wildman–Crippen MR) is 135 cm³/mol. The van der Waals surface area contributed by atoms with E-state index >= 15 is 0 Å². The molecule has 2 aliphatic rings. The number of anilines is 1. The number of sulfonamides is 1. The molecule has 2 aliphatic heterocycles. The minimum Gasteiger partial charge on any atom is -0.491 e. The number of alkyl halides is 2. The van der Waals surface area contributed by atoms with Crippen LogP contribution in [-0.4, -0.2) is 47.4 Å². The molecule has 2 aromatic rings. The number of aryl methyl sites for hydroxylation is 1. The molecule has 37 heavy (non-hydrogen) atoms. The summed E-state index contributed by atoms with van der Waals surface area (Å²) in [6, 6.07) is 8.10. The highest BCUT2D eigenvalue weighted by molar-refractivity contribution is 7.93.